The first-order valence-electron chi connectivity index (χ1n) is 11.0. The quantitative estimate of drug-likeness (QED) is 0.676. The zero-order valence-corrected chi connectivity index (χ0v) is 19.3. The van der Waals surface area contributed by atoms with Crippen molar-refractivity contribution in [1.82, 2.24) is 14.9 Å². The van der Waals surface area contributed by atoms with Crippen molar-refractivity contribution in [2.24, 2.45) is 0 Å². The molecule has 2 saturated heterocycles. The molecule has 0 N–H and O–H groups in total. The summed E-state index contributed by atoms with van der Waals surface area (Å²) in [6.07, 6.45) is 2.38. The molecule has 0 unspecified atom stereocenters. The van der Waals surface area contributed by atoms with Crippen molar-refractivity contribution in [2.75, 3.05) is 70.4 Å². The first kappa shape index (κ1) is 22.0. The van der Waals surface area contributed by atoms with Crippen molar-refractivity contribution < 1.29 is 19.0 Å². The Hall–Kier alpha value is -3.23. The number of methoxy groups -OCH3 is 3. The molecule has 1 amide bonds. The van der Waals surface area contributed by atoms with E-state index in [1.165, 1.54) is 12.8 Å². The SMILES string of the molecule is COc1cc(C(=O)N2CCN(c3cc(C)nc(N4CCCC4)n3)CC2)cc(OC)c1OC. The van der Waals surface area contributed by atoms with Gasteiger partial charge in [0.1, 0.15) is 5.82 Å². The minimum Gasteiger partial charge on any atom is -0.493 e. The lowest BCUT2D eigenvalue weighted by molar-refractivity contribution is 0.0745. The fraction of sp³-hybridized carbons (Fsp3) is 0.522. The van der Waals surface area contributed by atoms with E-state index in [1.807, 2.05) is 17.9 Å². The molecule has 0 radical (unpaired) electrons. The molecule has 4 rings (SSSR count). The van der Waals surface area contributed by atoms with E-state index in [9.17, 15) is 4.79 Å². The first-order valence-corrected chi connectivity index (χ1v) is 11.0. The molecule has 0 saturated carbocycles. The summed E-state index contributed by atoms with van der Waals surface area (Å²) >= 11 is 0. The molecular weight excluding hydrogens is 410 g/mol. The molecule has 9 nitrogen and oxygen atoms in total. The average molecular weight is 442 g/mol. The molecule has 0 bridgehead atoms. The Balaban J connectivity index is 1.47. The van der Waals surface area contributed by atoms with Crippen LogP contribution in [0.2, 0.25) is 0 Å². The van der Waals surface area contributed by atoms with Crippen LogP contribution in [0.25, 0.3) is 0 Å². The molecule has 32 heavy (non-hydrogen) atoms. The summed E-state index contributed by atoms with van der Waals surface area (Å²) in [6.45, 7) is 6.68. The Morgan fingerprint density at radius 2 is 1.44 bits per heavy atom. The summed E-state index contributed by atoms with van der Waals surface area (Å²) in [6, 6.07) is 5.43. The molecule has 0 atom stereocenters. The van der Waals surface area contributed by atoms with Gasteiger partial charge in [-0.15, -0.1) is 0 Å². The molecule has 2 fully saturated rings. The monoisotopic (exact) mass is 441 g/mol. The van der Waals surface area contributed by atoms with Gasteiger partial charge < -0.3 is 28.9 Å². The normalized spacial score (nSPS) is 16.3. The van der Waals surface area contributed by atoms with Crippen molar-refractivity contribution in [3.05, 3.63) is 29.5 Å². The third-order valence-electron chi connectivity index (χ3n) is 6.02. The van der Waals surface area contributed by atoms with Gasteiger partial charge in [-0.25, -0.2) is 4.98 Å². The minimum absolute atomic E-state index is 0.0551. The molecule has 0 aliphatic carbocycles. The number of carbonyl (C=O) groups is 1. The Labute approximate surface area is 188 Å². The van der Waals surface area contributed by atoms with Crippen LogP contribution in [0.5, 0.6) is 17.2 Å². The molecule has 9 heteroatoms. The van der Waals surface area contributed by atoms with Gasteiger partial charge in [-0.1, -0.05) is 0 Å². The van der Waals surface area contributed by atoms with E-state index in [1.54, 1.807) is 33.5 Å². The van der Waals surface area contributed by atoms with E-state index in [0.29, 0.717) is 49.0 Å². The molecule has 2 aromatic rings. The fourth-order valence-corrected chi connectivity index (χ4v) is 4.28. The second kappa shape index (κ2) is 9.50. The van der Waals surface area contributed by atoms with Gasteiger partial charge in [0, 0.05) is 56.6 Å². The van der Waals surface area contributed by atoms with Crippen LogP contribution in [0, 0.1) is 6.92 Å². The van der Waals surface area contributed by atoms with Crippen LogP contribution in [-0.2, 0) is 0 Å². The van der Waals surface area contributed by atoms with Gasteiger partial charge in [0.2, 0.25) is 11.7 Å². The number of carbonyl (C=O) groups excluding carboxylic acids is 1. The number of aryl methyl sites for hydroxylation is 1. The summed E-state index contributed by atoms with van der Waals surface area (Å²) in [7, 11) is 4.64. The molecule has 2 aliphatic heterocycles. The van der Waals surface area contributed by atoms with Gasteiger partial charge in [0.15, 0.2) is 11.5 Å². The molecule has 1 aromatic heterocycles. The molecule has 1 aromatic carbocycles. The highest BCUT2D eigenvalue weighted by atomic mass is 16.5. The highest BCUT2D eigenvalue weighted by Crippen LogP contribution is 2.38. The van der Waals surface area contributed by atoms with Crippen LogP contribution in [0.3, 0.4) is 0 Å². The number of aromatic nitrogens is 2. The Bertz CT molecular complexity index is 944. The minimum atomic E-state index is -0.0551. The van der Waals surface area contributed by atoms with Crippen molar-refractivity contribution in [1.29, 1.82) is 0 Å². The lowest BCUT2D eigenvalue weighted by atomic mass is 10.1. The molecule has 3 heterocycles. The predicted molar refractivity (Wildman–Crippen MR) is 122 cm³/mol. The Kier molecular flexibility index (Phi) is 6.53. The van der Waals surface area contributed by atoms with Gasteiger partial charge in [-0.05, 0) is 31.9 Å². The number of hydrogen-bond donors (Lipinski definition) is 0. The predicted octanol–water partition coefficient (Wildman–Crippen LogP) is 2.37. The second-order valence-electron chi connectivity index (χ2n) is 8.05. The maximum absolute atomic E-state index is 13.2. The van der Waals surface area contributed by atoms with Gasteiger partial charge in [0.25, 0.3) is 5.91 Å². The van der Waals surface area contributed by atoms with Crippen molar-refractivity contribution >= 4 is 17.7 Å². The summed E-state index contributed by atoms with van der Waals surface area (Å²) in [5.74, 6) is 3.11. The number of hydrogen-bond acceptors (Lipinski definition) is 8. The lowest BCUT2D eigenvalue weighted by Gasteiger charge is -2.36. The van der Waals surface area contributed by atoms with Crippen LogP contribution in [-0.4, -0.2) is 81.4 Å². The number of nitrogens with zero attached hydrogens (tertiary/aromatic N) is 5. The van der Waals surface area contributed by atoms with Crippen LogP contribution < -0.4 is 24.0 Å². The molecule has 2 aliphatic rings. The van der Waals surface area contributed by atoms with E-state index < -0.39 is 0 Å². The number of benzene rings is 1. The maximum atomic E-state index is 13.2. The Morgan fingerprint density at radius 3 is 2.00 bits per heavy atom. The summed E-state index contributed by atoms with van der Waals surface area (Å²) < 4.78 is 16.1. The van der Waals surface area contributed by atoms with Crippen molar-refractivity contribution in [3.8, 4) is 17.2 Å². The van der Waals surface area contributed by atoms with E-state index >= 15 is 0 Å². The van der Waals surface area contributed by atoms with E-state index in [4.69, 9.17) is 19.2 Å². The van der Waals surface area contributed by atoms with Gasteiger partial charge >= 0.3 is 0 Å². The third-order valence-corrected chi connectivity index (χ3v) is 6.02. The fourth-order valence-electron chi connectivity index (χ4n) is 4.28. The third kappa shape index (κ3) is 4.37. The molecule has 172 valence electrons. The summed E-state index contributed by atoms with van der Waals surface area (Å²) in [5, 5.41) is 0. The first-order chi connectivity index (χ1) is 15.5. The van der Waals surface area contributed by atoms with Crippen molar-refractivity contribution in [2.45, 2.75) is 19.8 Å². The number of piperazine rings is 1. The highest BCUT2D eigenvalue weighted by molar-refractivity contribution is 5.95. The highest BCUT2D eigenvalue weighted by Gasteiger charge is 2.26. The lowest BCUT2D eigenvalue weighted by Crippen LogP contribution is -2.49. The number of ether oxygens (including phenoxy) is 3. The summed E-state index contributed by atoms with van der Waals surface area (Å²) in [4.78, 5) is 29.0. The van der Waals surface area contributed by atoms with E-state index in [2.05, 4.69) is 14.8 Å². The van der Waals surface area contributed by atoms with E-state index in [0.717, 1.165) is 30.5 Å². The average Bonchev–Trinajstić information content (AvgIpc) is 3.37. The van der Waals surface area contributed by atoms with Gasteiger partial charge in [0.05, 0.1) is 21.3 Å². The zero-order chi connectivity index (χ0) is 22.7. The topological polar surface area (TPSA) is 80.3 Å². The zero-order valence-electron chi connectivity index (χ0n) is 19.3. The summed E-state index contributed by atoms with van der Waals surface area (Å²) in [5.41, 5.74) is 1.48. The molecular formula is C23H31N5O4. The number of amides is 1. The van der Waals surface area contributed by atoms with Gasteiger partial charge in [-0.2, -0.15) is 4.98 Å². The van der Waals surface area contributed by atoms with Crippen LogP contribution in [0.15, 0.2) is 18.2 Å². The van der Waals surface area contributed by atoms with E-state index in [-0.39, 0.29) is 5.91 Å². The number of rotatable bonds is 6. The van der Waals surface area contributed by atoms with Crippen LogP contribution in [0.4, 0.5) is 11.8 Å². The number of anilines is 2. The largest absolute Gasteiger partial charge is 0.493 e. The van der Waals surface area contributed by atoms with Crippen LogP contribution in [0.1, 0.15) is 28.9 Å². The standard InChI is InChI=1S/C23H31N5O4/c1-16-13-20(25-23(24-16)28-7-5-6-8-28)26-9-11-27(12-10-26)22(29)17-14-18(30-2)21(32-4)19(15-17)31-3/h13-15H,5-12H2,1-4H3. The maximum Gasteiger partial charge on any atom is 0.254 e. The smallest absolute Gasteiger partial charge is 0.254 e. The molecule has 0 spiro atoms. The van der Waals surface area contributed by atoms with Crippen molar-refractivity contribution in [3.63, 3.8) is 0 Å². The Morgan fingerprint density at radius 1 is 0.812 bits per heavy atom. The van der Waals surface area contributed by atoms with Crippen LogP contribution >= 0.6 is 0 Å². The second-order valence-corrected chi connectivity index (χ2v) is 8.05. The van der Waals surface area contributed by atoms with Gasteiger partial charge in [-0.3, -0.25) is 4.79 Å².